The van der Waals surface area contributed by atoms with Gasteiger partial charge in [-0.1, -0.05) is 45.5 Å². The highest BCUT2D eigenvalue weighted by molar-refractivity contribution is 6.30. The molecule has 4 aliphatic rings. The van der Waals surface area contributed by atoms with Gasteiger partial charge in [-0.05, 0) is 210 Å². The number of nitrogens with one attached hydrogen (secondary N) is 3. The number of aliphatic hydroxyl groups excluding tert-OH is 2. The van der Waals surface area contributed by atoms with Gasteiger partial charge in [-0.15, -0.1) is 0 Å². The van der Waals surface area contributed by atoms with Crippen LogP contribution >= 0.6 is 23.2 Å². The van der Waals surface area contributed by atoms with Crippen LogP contribution in [0.5, 0.6) is 0 Å². The Balaban J connectivity index is 0.000000177. The molecule has 2 aromatic carbocycles. The highest BCUT2D eigenvalue weighted by Gasteiger charge is 2.31. The van der Waals surface area contributed by atoms with Crippen molar-refractivity contribution in [3.63, 3.8) is 0 Å². The van der Waals surface area contributed by atoms with Crippen molar-refractivity contribution in [1.29, 1.82) is 0 Å². The third-order valence-electron chi connectivity index (χ3n) is 21.9. The van der Waals surface area contributed by atoms with Gasteiger partial charge in [0, 0.05) is 119 Å². The summed E-state index contributed by atoms with van der Waals surface area (Å²) in [4.78, 5) is 98.2. The molecule has 0 unspecified atom stereocenters. The zero-order valence-corrected chi connectivity index (χ0v) is 70.1. The van der Waals surface area contributed by atoms with Crippen LogP contribution in [0.2, 0.25) is 10.3 Å². The van der Waals surface area contributed by atoms with Crippen LogP contribution in [0.15, 0.2) is 159 Å². The van der Waals surface area contributed by atoms with Gasteiger partial charge in [-0.2, -0.15) is 10.2 Å². The topological polar surface area (TPSA) is 354 Å². The molecule has 6 N–H and O–H groups in total. The van der Waals surface area contributed by atoms with Crippen molar-refractivity contribution >= 4 is 137 Å². The summed E-state index contributed by atoms with van der Waals surface area (Å²) in [6, 6.07) is 35.7. The summed E-state index contributed by atoms with van der Waals surface area (Å²) in [5, 5.41) is 50.0. The molecule has 16 rings (SSSR count). The predicted octanol–water partition coefficient (Wildman–Crippen LogP) is 12.7. The summed E-state index contributed by atoms with van der Waals surface area (Å²) in [6.07, 6.45) is 17.5. The first kappa shape index (κ1) is 95.2. The van der Waals surface area contributed by atoms with E-state index < -0.39 is 17.6 Å². The number of methoxy groups -OCH3 is 3. The standard InChI is InChI=1S/C27H30FN7O3.C26H28FN7O3.C17H21ClN4O2.C16H19ClN4O2.3CH4/c1-33-10-8-20(9-11-33)34(16-27(37)38-2)26-6-3-18-15-29-25(14-24(18)31-26)30-23-5-4-21(13-22(23)28)35-12-7-19(17-36)32-35;1-32-9-7-19(8-10-32)33(15-26(36)37)25-5-2-17-14-28-24(13-23(17)30-25)29-22-4-3-20(12-21(22)27)34-11-6-18(16-35)31-34;1-21-7-5-13(6-8-21)22(11-17(23)24-2)16-4-3-12-10-19-15(18)9-14(12)20-16;1-23-16(22)10-21(12-4-6-18-7-5-12)15-3-2-11-9-19-14(17)8-13(11)20-15;;;/h3-7,12-15,20,36H,8-11,16-17H2,1-2H3,(H,29,30);2-6,11-14,19,35H,7-10,15-16H2,1H3,(H,28,29)(H,36,37);3-4,9-10,13H,5-8,11H2,1-2H3;2-3,8-9,12,18H,4-7,10H2,1H3;3*1H4. The Morgan fingerprint density at radius 3 is 1.06 bits per heavy atom. The molecular formula is C89H110Cl2F2N22O10. The molecule has 125 heavy (non-hydrogen) atoms. The molecule has 4 fully saturated rings. The number of hydrogen-bond donors (Lipinski definition) is 6. The summed E-state index contributed by atoms with van der Waals surface area (Å²) in [7, 11) is 10.5. The number of carbonyl (C=O) groups is 4. The number of rotatable bonds is 24. The van der Waals surface area contributed by atoms with Crippen molar-refractivity contribution in [3.8, 4) is 11.4 Å². The summed E-state index contributed by atoms with van der Waals surface area (Å²) < 4.78 is 47.5. The number of hydrogen-bond acceptors (Lipinski definition) is 29. The number of nitrogens with zero attached hydrogens (tertiary/aromatic N) is 19. The predicted molar refractivity (Wildman–Crippen MR) is 484 cm³/mol. The van der Waals surface area contributed by atoms with E-state index in [2.05, 4.69) is 86.9 Å². The molecule has 0 amide bonds. The monoisotopic (exact) mass is 1750 g/mol. The molecule has 12 aromatic rings. The normalized spacial score (nSPS) is 14.8. The van der Waals surface area contributed by atoms with Crippen LogP contribution < -0.4 is 35.6 Å². The zero-order valence-electron chi connectivity index (χ0n) is 68.6. The van der Waals surface area contributed by atoms with Crippen LogP contribution in [-0.2, 0) is 46.6 Å². The highest BCUT2D eigenvalue weighted by Crippen LogP contribution is 2.33. The first-order valence-electron chi connectivity index (χ1n) is 40.1. The lowest BCUT2D eigenvalue weighted by Crippen LogP contribution is -2.46. The Bertz CT molecular complexity index is 5610. The molecule has 664 valence electrons. The number of anilines is 8. The van der Waals surface area contributed by atoms with Gasteiger partial charge in [-0.3, -0.25) is 19.2 Å². The van der Waals surface area contributed by atoms with Crippen molar-refractivity contribution in [2.75, 3.05) is 151 Å². The van der Waals surface area contributed by atoms with Gasteiger partial charge in [0.15, 0.2) is 0 Å². The summed E-state index contributed by atoms with van der Waals surface area (Å²) in [5.74, 6) is 0.956. The second kappa shape index (κ2) is 45.0. The number of pyridine rings is 8. The van der Waals surface area contributed by atoms with Crippen molar-refractivity contribution in [3.05, 3.63) is 192 Å². The van der Waals surface area contributed by atoms with Gasteiger partial charge >= 0.3 is 23.9 Å². The zero-order chi connectivity index (χ0) is 85.9. The Labute approximate surface area is 735 Å². The van der Waals surface area contributed by atoms with Crippen LogP contribution in [0.1, 0.15) is 85.0 Å². The maximum atomic E-state index is 14.9. The number of carboxylic acid groups (broad SMARTS) is 1. The molecule has 0 radical (unpaired) electrons. The fourth-order valence-corrected chi connectivity index (χ4v) is 15.4. The first-order valence-corrected chi connectivity index (χ1v) is 40.9. The van der Waals surface area contributed by atoms with Crippen LogP contribution in [-0.4, -0.2) is 259 Å². The fraction of sp³-hybridized carbons (Fsp3) is 0.393. The lowest BCUT2D eigenvalue weighted by atomic mass is 10.0. The number of aliphatic carboxylic acids is 1. The summed E-state index contributed by atoms with van der Waals surface area (Å²) >= 11 is 11.9. The Morgan fingerprint density at radius 2 is 0.752 bits per heavy atom. The molecule has 10 aromatic heterocycles. The number of likely N-dealkylation sites (tertiary alicyclic amines) is 3. The number of benzene rings is 2. The molecule has 14 heterocycles. The van der Waals surface area contributed by atoms with Gasteiger partial charge in [0.05, 0.1) is 90.7 Å². The van der Waals surface area contributed by atoms with Gasteiger partial charge in [-0.25, -0.2) is 58.0 Å². The van der Waals surface area contributed by atoms with E-state index in [1.165, 1.54) is 42.8 Å². The molecule has 4 aliphatic heterocycles. The minimum absolute atomic E-state index is 0. The molecule has 36 heteroatoms. The Kier molecular flexibility index (Phi) is 34.3. The molecule has 32 nitrogen and oxygen atoms in total. The SMILES string of the molecule is C.C.C.CN1CCC(N(CC(=O)O)c2ccc3cnc(Nc4ccc(-n5ccc(CO)n5)cc4F)cc3n2)CC1.COC(=O)CN(c1ccc2cnc(Cl)cc2n1)C1CCN(C)CC1.COC(=O)CN(c1ccc2cnc(Cl)cc2n1)C1CCNCC1.COC(=O)CN(c1ccc2cnc(Nc3ccc(-n4ccc(CO)n4)cc3F)cc2n1)C1CCN(C)CC1. The van der Waals surface area contributed by atoms with Crippen LogP contribution in [0.3, 0.4) is 0 Å². The molecule has 0 aliphatic carbocycles. The third-order valence-corrected chi connectivity index (χ3v) is 22.4. The van der Waals surface area contributed by atoms with E-state index in [-0.39, 0.29) is 115 Å². The quantitative estimate of drug-likeness (QED) is 0.0186. The first-order chi connectivity index (χ1) is 59.0. The number of ether oxygens (including phenoxy) is 3. The van der Waals surface area contributed by atoms with E-state index in [1.54, 1.807) is 97.8 Å². The smallest absolute Gasteiger partial charge is 0.325 e. The number of esters is 3. The average Bonchev–Trinajstić information content (AvgIpc) is 1.51. The molecule has 0 bridgehead atoms. The van der Waals surface area contributed by atoms with Crippen molar-refractivity contribution < 1.29 is 57.5 Å². The number of aromatic nitrogens is 12. The number of fused-ring (bicyclic) bond motifs is 4. The summed E-state index contributed by atoms with van der Waals surface area (Å²) in [6.45, 7) is 7.59. The Morgan fingerprint density at radius 1 is 0.440 bits per heavy atom. The van der Waals surface area contributed by atoms with Gasteiger partial charge in [0.2, 0.25) is 0 Å². The van der Waals surface area contributed by atoms with E-state index in [0.717, 1.165) is 148 Å². The van der Waals surface area contributed by atoms with Crippen molar-refractivity contribution in [1.82, 2.24) is 79.4 Å². The largest absolute Gasteiger partial charge is 0.480 e. The highest BCUT2D eigenvalue weighted by atomic mass is 35.5. The fourth-order valence-electron chi connectivity index (χ4n) is 15.1. The van der Waals surface area contributed by atoms with E-state index in [4.69, 9.17) is 52.4 Å². The number of carboxylic acids is 1. The van der Waals surface area contributed by atoms with E-state index >= 15 is 0 Å². The number of halogens is 4. The second-order valence-electron chi connectivity index (χ2n) is 30.2. The molecule has 0 spiro atoms. The maximum absolute atomic E-state index is 14.9. The number of carbonyl (C=O) groups excluding carboxylic acids is 3. The lowest BCUT2D eigenvalue weighted by Gasteiger charge is -2.37. The van der Waals surface area contributed by atoms with Gasteiger partial charge in [0.25, 0.3) is 0 Å². The Hall–Kier alpha value is -12.0. The van der Waals surface area contributed by atoms with E-state index in [9.17, 15) is 43.3 Å². The third kappa shape index (κ3) is 25.2. The van der Waals surface area contributed by atoms with Crippen LogP contribution in [0.4, 0.5) is 55.1 Å². The molecular weight excluding hydrogens is 1650 g/mol. The van der Waals surface area contributed by atoms with Crippen LogP contribution in [0, 0.1) is 11.6 Å². The van der Waals surface area contributed by atoms with Crippen molar-refractivity contribution in [2.45, 2.75) is 111 Å². The van der Waals surface area contributed by atoms with Crippen LogP contribution in [0.25, 0.3) is 55.0 Å². The minimum Gasteiger partial charge on any atom is -0.480 e. The molecule has 4 saturated heterocycles. The maximum Gasteiger partial charge on any atom is 0.325 e. The molecule has 0 atom stereocenters. The second-order valence-corrected chi connectivity index (χ2v) is 31.0. The minimum atomic E-state index is -0.903. The van der Waals surface area contributed by atoms with E-state index in [0.29, 0.717) is 67.4 Å². The number of piperidine rings is 4. The molecule has 0 saturated carbocycles. The average molecular weight is 1760 g/mol. The van der Waals surface area contributed by atoms with Gasteiger partial charge in [0.1, 0.15) is 83.0 Å². The van der Waals surface area contributed by atoms with Crippen molar-refractivity contribution in [2.24, 2.45) is 0 Å². The number of aliphatic hydroxyl groups is 2. The van der Waals surface area contributed by atoms with E-state index in [1.807, 2.05) is 68.1 Å². The lowest BCUT2D eigenvalue weighted by molar-refractivity contribution is -0.140. The summed E-state index contributed by atoms with van der Waals surface area (Å²) in [5.41, 5.74) is 5.38. The van der Waals surface area contributed by atoms with Gasteiger partial charge < -0.3 is 79.8 Å².